The van der Waals surface area contributed by atoms with Gasteiger partial charge in [0, 0.05) is 18.3 Å². The minimum absolute atomic E-state index is 0.0143. The monoisotopic (exact) mass is 475 g/mol. The Morgan fingerprint density at radius 2 is 1.82 bits per heavy atom. The number of benzene rings is 2. The van der Waals surface area contributed by atoms with Gasteiger partial charge in [0.1, 0.15) is 17.2 Å². The van der Waals surface area contributed by atoms with E-state index in [4.69, 9.17) is 0 Å². The predicted octanol–water partition coefficient (Wildman–Crippen LogP) is 4.51. The van der Waals surface area contributed by atoms with Gasteiger partial charge in [-0.2, -0.15) is 5.10 Å². The Morgan fingerprint density at radius 1 is 1.12 bits per heavy atom. The lowest BCUT2D eigenvalue weighted by Crippen LogP contribution is -2.66. The highest BCUT2D eigenvalue weighted by Crippen LogP contribution is 2.31. The number of aryl methyl sites for hydroxylation is 2. The molecule has 1 amide bonds. The van der Waals surface area contributed by atoms with Crippen LogP contribution in [0.3, 0.4) is 0 Å². The Morgan fingerprint density at radius 3 is 2.44 bits per heavy atom. The van der Waals surface area contributed by atoms with E-state index in [-0.39, 0.29) is 30.9 Å². The number of amides is 1. The van der Waals surface area contributed by atoms with Gasteiger partial charge in [0.05, 0.1) is 30.0 Å². The van der Waals surface area contributed by atoms with E-state index in [2.05, 4.69) is 20.8 Å². The van der Waals surface area contributed by atoms with Crippen LogP contribution in [0, 0.1) is 31.3 Å². The summed E-state index contributed by atoms with van der Waals surface area (Å²) in [7, 11) is 0. The molecular weight excluding hydrogens is 447 g/mol. The van der Waals surface area contributed by atoms with Gasteiger partial charge in [0.15, 0.2) is 11.6 Å². The van der Waals surface area contributed by atoms with E-state index < -0.39 is 34.6 Å². The first-order valence-electron chi connectivity index (χ1n) is 10.9. The number of carbonyl (C=O) groups excluding carboxylic acids is 1. The maximum atomic E-state index is 14.6. The van der Waals surface area contributed by atoms with Crippen LogP contribution in [0.25, 0.3) is 0 Å². The zero-order valence-corrected chi connectivity index (χ0v) is 19.5. The molecule has 0 unspecified atom stereocenters. The molecule has 2 heterocycles. The van der Waals surface area contributed by atoms with E-state index >= 15 is 0 Å². The summed E-state index contributed by atoms with van der Waals surface area (Å²) in [5.74, 6) is -3.17. The number of rotatable bonds is 6. The lowest BCUT2D eigenvalue weighted by atomic mass is 9.92. The average Bonchev–Trinajstić information content (AvgIpc) is 3.21. The van der Waals surface area contributed by atoms with Crippen LogP contribution in [0.5, 0.6) is 0 Å². The van der Waals surface area contributed by atoms with Crippen molar-refractivity contribution in [3.8, 4) is 0 Å². The minimum Gasteiger partial charge on any atom is -0.384 e. The highest BCUT2D eigenvalue weighted by Gasteiger charge is 2.44. The molecule has 1 aliphatic rings. The second-order valence-corrected chi connectivity index (χ2v) is 8.07. The maximum absolute atomic E-state index is 14.6. The minimum atomic E-state index is -1.29. The van der Waals surface area contributed by atoms with Crippen molar-refractivity contribution < 1.29 is 23.1 Å². The molecule has 0 saturated carbocycles. The molecule has 2 aromatic carbocycles. The number of hydrogen-bond acceptors (Lipinski definition) is 5. The summed E-state index contributed by atoms with van der Waals surface area (Å²) in [6, 6.07) is 7.98. The van der Waals surface area contributed by atoms with Crippen LogP contribution >= 0.6 is 0 Å². The van der Waals surface area contributed by atoms with E-state index in [1.54, 1.807) is 19.1 Å². The first-order chi connectivity index (χ1) is 16.1. The summed E-state index contributed by atoms with van der Waals surface area (Å²) < 4.78 is 42.7. The van der Waals surface area contributed by atoms with E-state index in [0.29, 0.717) is 11.4 Å². The SMILES string of the molecule is CC.Cc1ccc(Nc2c(C(=O)N3CC(O)(CNc4cc(C)[nH]n4)C3)ccc(F)c2F)c(F)c1. The lowest BCUT2D eigenvalue weighted by molar-refractivity contribution is -0.0707. The molecule has 0 spiro atoms. The van der Waals surface area contributed by atoms with Gasteiger partial charge in [-0.05, 0) is 43.7 Å². The molecule has 1 aromatic heterocycles. The van der Waals surface area contributed by atoms with Gasteiger partial charge in [0.2, 0.25) is 0 Å². The number of aromatic amines is 1. The molecule has 1 aliphatic heterocycles. The zero-order chi connectivity index (χ0) is 25.0. The van der Waals surface area contributed by atoms with Crippen LogP contribution in [0.15, 0.2) is 36.4 Å². The summed E-state index contributed by atoms with van der Waals surface area (Å²) in [5, 5.41) is 22.9. The van der Waals surface area contributed by atoms with E-state index in [1.165, 1.54) is 17.0 Å². The van der Waals surface area contributed by atoms with Gasteiger partial charge in [-0.1, -0.05) is 19.9 Å². The fraction of sp³-hybridized carbons (Fsp3) is 0.333. The molecule has 10 heteroatoms. The summed E-state index contributed by atoms with van der Waals surface area (Å²) in [6.45, 7) is 7.65. The molecule has 4 N–H and O–H groups in total. The highest BCUT2D eigenvalue weighted by molar-refractivity contribution is 6.01. The van der Waals surface area contributed by atoms with Gasteiger partial charge in [-0.15, -0.1) is 0 Å². The van der Waals surface area contributed by atoms with E-state index in [0.717, 1.165) is 17.8 Å². The molecule has 1 saturated heterocycles. The maximum Gasteiger partial charge on any atom is 0.256 e. The third kappa shape index (κ3) is 5.33. The molecule has 34 heavy (non-hydrogen) atoms. The standard InChI is InChI=1S/C22H22F3N5O2.C2H6/c1-12-3-6-17(16(24)7-12)27-20-14(4-5-15(23)19(20)25)21(31)30-10-22(32,11-30)9-26-18-8-13(2)28-29-18;1-2/h3-8,27,32H,9-11H2,1-2H3,(H2,26,28,29);1-2H3. The second kappa shape index (κ2) is 10.2. The molecule has 182 valence electrons. The zero-order valence-electron chi connectivity index (χ0n) is 19.5. The van der Waals surface area contributed by atoms with Crippen molar-refractivity contribution in [2.24, 2.45) is 0 Å². The van der Waals surface area contributed by atoms with Gasteiger partial charge in [0.25, 0.3) is 5.91 Å². The fourth-order valence-electron chi connectivity index (χ4n) is 3.56. The van der Waals surface area contributed by atoms with Crippen LogP contribution in [-0.2, 0) is 0 Å². The number of β-amino-alcohol motifs (C(OH)–C–C–N with tert-alkyl or cyclic N) is 1. The van der Waals surface area contributed by atoms with Crippen molar-refractivity contribution >= 4 is 23.1 Å². The van der Waals surface area contributed by atoms with Crippen molar-refractivity contribution in [2.75, 3.05) is 30.3 Å². The smallest absolute Gasteiger partial charge is 0.256 e. The molecule has 7 nitrogen and oxygen atoms in total. The molecular formula is C24H28F3N5O2. The first kappa shape index (κ1) is 25.1. The Balaban J connectivity index is 0.00000158. The molecule has 0 bridgehead atoms. The van der Waals surface area contributed by atoms with Crippen molar-refractivity contribution in [1.82, 2.24) is 15.1 Å². The van der Waals surface area contributed by atoms with Crippen LogP contribution in [-0.4, -0.2) is 51.3 Å². The number of aromatic nitrogens is 2. The highest BCUT2D eigenvalue weighted by atomic mass is 19.2. The Bertz CT molecular complexity index is 1180. The number of aliphatic hydroxyl groups is 1. The van der Waals surface area contributed by atoms with Gasteiger partial charge in [-0.3, -0.25) is 9.89 Å². The van der Waals surface area contributed by atoms with Crippen molar-refractivity contribution in [3.63, 3.8) is 0 Å². The lowest BCUT2D eigenvalue weighted by Gasteiger charge is -2.46. The summed E-state index contributed by atoms with van der Waals surface area (Å²) in [6.07, 6.45) is 0. The number of nitrogens with one attached hydrogen (secondary N) is 3. The normalized spacial score (nSPS) is 14.1. The summed E-state index contributed by atoms with van der Waals surface area (Å²) in [4.78, 5) is 14.3. The number of hydrogen-bond donors (Lipinski definition) is 4. The van der Waals surface area contributed by atoms with E-state index in [9.17, 15) is 23.1 Å². The van der Waals surface area contributed by atoms with E-state index in [1.807, 2.05) is 20.8 Å². The molecule has 3 aromatic rings. The third-order valence-electron chi connectivity index (χ3n) is 5.27. The molecule has 0 aliphatic carbocycles. The van der Waals surface area contributed by atoms with Gasteiger partial charge >= 0.3 is 0 Å². The largest absolute Gasteiger partial charge is 0.384 e. The number of halogens is 3. The van der Waals surface area contributed by atoms with Crippen molar-refractivity contribution in [1.29, 1.82) is 0 Å². The molecule has 4 rings (SSSR count). The van der Waals surface area contributed by atoms with Crippen molar-refractivity contribution in [3.05, 3.63) is 70.7 Å². The second-order valence-electron chi connectivity index (χ2n) is 8.07. The topological polar surface area (TPSA) is 93.3 Å². The third-order valence-corrected chi connectivity index (χ3v) is 5.27. The van der Waals surface area contributed by atoms with Crippen LogP contribution < -0.4 is 10.6 Å². The van der Waals surface area contributed by atoms with Crippen LogP contribution in [0.4, 0.5) is 30.4 Å². The van der Waals surface area contributed by atoms with Crippen LogP contribution in [0.2, 0.25) is 0 Å². The van der Waals surface area contributed by atoms with Gasteiger partial charge in [-0.25, -0.2) is 13.2 Å². The van der Waals surface area contributed by atoms with Crippen LogP contribution in [0.1, 0.15) is 35.5 Å². The number of anilines is 3. The summed E-state index contributed by atoms with van der Waals surface area (Å²) in [5.41, 5.74) is -0.402. The Kier molecular flexibility index (Phi) is 7.51. The average molecular weight is 476 g/mol. The van der Waals surface area contributed by atoms with Gasteiger partial charge < -0.3 is 20.6 Å². The fourth-order valence-corrected chi connectivity index (χ4v) is 3.56. The number of H-pyrrole nitrogens is 1. The number of carbonyl (C=O) groups is 1. The summed E-state index contributed by atoms with van der Waals surface area (Å²) >= 11 is 0. The Labute approximate surface area is 196 Å². The quantitative estimate of drug-likeness (QED) is 0.421. The first-order valence-corrected chi connectivity index (χ1v) is 10.9. The molecule has 1 fully saturated rings. The molecule has 0 atom stereocenters. The van der Waals surface area contributed by atoms with Crippen molar-refractivity contribution in [2.45, 2.75) is 33.3 Å². The number of nitrogens with zero attached hydrogens (tertiary/aromatic N) is 2. The predicted molar refractivity (Wildman–Crippen MR) is 125 cm³/mol. The number of likely N-dealkylation sites (tertiary alicyclic amines) is 1. The molecule has 0 radical (unpaired) electrons. The Hall–Kier alpha value is -3.53.